The largest absolute Gasteiger partial charge is 0.444 e. The van der Waals surface area contributed by atoms with Gasteiger partial charge in [-0.15, -0.1) is 0 Å². The van der Waals surface area contributed by atoms with E-state index in [-0.39, 0.29) is 0 Å². The van der Waals surface area contributed by atoms with Gasteiger partial charge in [0.05, 0.1) is 11.9 Å². The fourth-order valence-corrected chi connectivity index (χ4v) is 1.72. The summed E-state index contributed by atoms with van der Waals surface area (Å²) in [6.07, 6.45) is 2.12. The third kappa shape index (κ3) is 5.86. The van der Waals surface area contributed by atoms with Crippen LogP contribution in [-0.2, 0) is 11.2 Å². The lowest BCUT2D eigenvalue weighted by Gasteiger charge is -2.19. The minimum atomic E-state index is -0.487. The Morgan fingerprint density at radius 3 is 2.65 bits per heavy atom. The Hall–Kier alpha value is -0.850. The normalized spacial score (nSPS) is 11.1. The van der Waals surface area contributed by atoms with E-state index in [0.29, 0.717) is 5.69 Å². The predicted octanol–water partition coefficient (Wildman–Crippen LogP) is 3.41. The molecule has 0 spiro atoms. The molecule has 1 rings (SSSR count). The number of alkyl halides is 1. The maximum Gasteiger partial charge on any atom is 0.412 e. The average Bonchev–Trinajstić information content (AvgIpc) is 2.18. The highest BCUT2D eigenvalue weighted by Gasteiger charge is 2.16. The topological polar surface area (TPSA) is 51.2 Å². The maximum absolute atomic E-state index is 11.5. The van der Waals surface area contributed by atoms with Crippen LogP contribution in [0.2, 0.25) is 0 Å². The zero-order chi connectivity index (χ0) is 12.9. The van der Waals surface area contributed by atoms with Gasteiger partial charge in [-0.25, -0.2) is 4.79 Å². The van der Waals surface area contributed by atoms with Crippen LogP contribution in [0.25, 0.3) is 0 Å². The van der Waals surface area contributed by atoms with E-state index in [1.807, 2.05) is 32.9 Å². The summed E-state index contributed by atoms with van der Waals surface area (Å²) in [5.74, 6) is 0. The van der Waals surface area contributed by atoms with Crippen molar-refractivity contribution in [2.45, 2.75) is 32.8 Å². The van der Waals surface area contributed by atoms with E-state index < -0.39 is 11.7 Å². The molecule has 0 saturated carbocycles. The van der Waals surface area contributed by atoms with Gasteiger partial charge in [-0.1, -0.05) is 22.6 Å². The SMILES string of the molecule is CC(C)(C)OC(=O)Nc1ccc(CCI)nc1. The van der Waals surface area contributed by atoms with Crippen molar-refractivity contribution >= 4 is 34.4 Å². The number of carbonyl (C=O) groups excluding carboxylic acids is 1. The quantitative estimate of drug-likeness (QED) is 0.673. The average molecular weight is 348 g/mol. The van der Waals surface area contributed by atoms with E-state index in [2.05, 4.69) is 32.9 Å². The van der Waals surface area contributed by atoms with Crippen LogP contribution < -0.4 is 5.32 Å². The van der Waals surface area contributed by atoms with E-state index in [4.69, 9.17) is 4.74 Å². The van der Waals surface area contributed by atoms with Crippen LogP contribution in [0.3, 0.4) is 0 Å². The van der Waals surface area contributed by atoms with Crippen LogP contribution in [0.15, 0.2) is 18.3 Å². The lowest BCUT2D eigenvalue weighted by molar-refractivity contribution is 0.0636. The molecule has 94 valence electrons. The first kappa shape index (κ1) is 14.2. The smallest absolute Gasteiger partial charge is 0.412 e. The molecule has 0 radical (unpaired) electrons. The van der Waals surface area contributed by atoms with E-state index in [9.17, 15) is 4.79 Å². The second-order valence-corrected chi connectivity index (χ2v) is 5.68. The third-order valence-corrected chi connectivity index (χ3v) is 2.36. The van der Waals surface area contributed by atoms with Crippen LogP contribution in [0.4, 0.5) is 10.5 Å². The highest BCUT2D eigenvalue weighted by Crippen LogP contribution is 2.11. The zero-order valence-electron chi connectivity index (χ0n) is 10.3. The van der Waals surface area contributed by atoms with Crippen LogP contribution in [0, 0.1) is 0 Å². The number of hydrogen-bond acceptors (Lipinski definition) is 3. The molecule has 0 aliphatic rings. The third-order valence-electron chi connectivity index (χ3n) is 1.82. The Morgan fingerprint density at radius 2 is 2.18 bits per heavy atom. The highest BCUT2D eigenvalue weighted by molar-refractivity contribution is 14.1. The van der Waals surface area contributed by atoms with Gasteiger partial charge in [0.1, 0.15) is 5.60 Å². The van der Waals surface area contributed by atoms with E-state index in [0.717, 1.165) is 16.5 Å². The molecular formula is C12H17IN2O2. The van der Waals surface area contributed by atoms with E-state index in [1.165, 1.54) is 0 Å². The van der Waals surface area contributed by atoms with Gasteiger partial charge in [-0.2, -0.15) is 0 Å². The number of aryl methyl sites for hydroxylation is 1. The van der Waals surface area contributed by atoms with Crippen molar-refractivity contribution in [1.29, 1.82) is 0 Å². The number of hydrogen-bond donors (Lipinski definition) is 1. The van der Waals surface area contributed by atoms with Crippen molar-refractivity contribution < 1.29 is 9.53 Å². The molecule has 0 aliphatic carbocycles. The number of nitrogens with one attached hydrogen (secondary N) is 1. The first-order chi connectivity index (χ1) is 7.90. The van der Waals surface area contributed by atoms with E-state index in [1.54, 1.807) is 6.20 Å². The molecule has 5 heteroatoms. The van der Waals surface area contributed by atoms with E-state index >= 15 is 0 Å². The van der Waals surface area contributed by atoms with Crippen LogP contribution >= 0.6 is 22.6 Å². The van der Waals surface area contributed by atoms with Crippen molar-refractivity contribution in [2.75, 3.05) is 9.74 Å². The molecule has 17 heavy (non-hydrogen) atoms. The summed E-state index contributed by atoms with van der Waals surface area (Å²) < 4.78 is 6.17. The first-order valence-electron chi connectivity index (χ1n) is 5.41. The summed E-state index contributed by atoms with van der Waals surface area (Å²) >= 11 is 2.30. The summed E-state index contributed by atoms with van der Waals surface area (Å²) in [4.78, 5) is 15.7. The molecule has 0 bridgehead atoms. The van der Waals surface area contributed by atoms with Crippen molar-refractivity contribution in [1.82, 2.24) is 4.98 Å². The van der Waals surface area contributed by atoms with Crippen molar-refractivity contribution in [3.8, 4) is 0 Å². The van der Waals surface area contributed by atoms with Crippen molar-refractivity contribution in [2.24, 2.45) is 0 Å². The molecule has 4 nitrogen and oxygen atoms in total. The molecule has 0 fully saturated rings. The fraction of sp³-hybridized carbons (Fsp3) is 0.500. The number of ether oxygens (including phenoxy) is 1. The van der Waals surface area contributed by atoms with Gasteiger partial charge in [-0.05, 0) is 39.3 Å². The van der Waals surface area contributed by atoms with Gasteiger partial charge in [-0.3, -0.25) is 10.3 Å². The van der Waals surface area contributed by atoms with Crippen molar-refractivity contribution in [3.63, 3.8) is 0 Å². The van der Waals surface area contributed by atoms with Crippen LogP contribution in [0.1, 0.15) is 26.5 Å². The molecule has 1 aromatic rings. The molecule has 0 atom stereocenters. The number of anilines is 1. The summed E-state index contributed by atoms with van der Waals surface area (Å²) in [5, 5.41) is 2.64. The number of aromatic nitrogens is 1. The Labute approximate surface area is 115 Å². The van der Waals surface area contributed by atoms with Crippen LogP contribution in [0.5, 0.6) is 0 Å². The summed E-state index contributed by atoms with van der Waals surface area (Å²) in [6, 6.07) is 3.74. The summed E-state index contributed by atoms with van der Waals surface area (Å²) in [6.45, 7) is 5.48. The minimum absolute atomic E-state index is 0.457. The number of carbonyl (C=O) groups is 1. The monoisotopic (exact) mass is 348 g/mol. The molecule has 0 aliphatic heterocycles. The van der Waals surface area contributed by atoms with Crippen LogP contribution in [-0.4, -0.2) is 21.1 Å². The molecule has 1 N–H and O–H groups in total. The fourth-order valence-electron chi connectivity index (χ4n) is 1.16. The molecular weight excluding hydrogens is 331 g/mol. The zero-order valence-corrected chi connectivity index (χ0v) is 12.4. The summed E-state index contributed by atoms with van der Waals surface area (Å²) in [7, 11) is 0. The maximum atomic E-state index is 11.5. The number of halogens is 1. The second kappa shape index (κ2) is 6.18. The highest BCUT2D eigenvalue weighted by atomic mass is 127. The molecule has 0 aromatic carbocycles. The number of rotatable bonds is 3. The lowest BCUT2D eigenvalue weighted by atomic mass is 10.2. The van der Waals surface area contributed by atoms with Gasteiger partial charge in [0.2, 0.25) is 0 Å². The Kier molecular flexibility index (Phi) is 5.17. The molecule has 1 aromatic heterocycles. The van der Waals surface area contributed by atoms with Gasteiger partial charge in [0, 0.05) is 10.1 Å². The minimum Gasteiger partial charge on any atom is -0.444 e. The van der Waals surface area contributed by atoms with Gasteiger partial charge >= 0.3 is 6.09 Å². The van der Waals surface area contributed by atoms with Crippen molar-refractivity contribution in [3.05, 3.63) is 24.0 Å². The standard InChI is InChI=1S/C12H17IN2O2/c1-12(2,3)17-11(16)15-10-5-4-9(6-7-13)14-8-10/h4-5,8H,6-7H2,1-3H3,(H,15,16). The van der Waals surface area contributed by atoms with Gasteiger partial charge in [0.25, 0.3) is 0 Å². The summed E-state index contributed by atoms with van der Waals surface area (Å²) in [5.41, 5.74) is 1.18. The van der Waals surface area contributed by atoms with Gasteiger partial charge < -0.3 is 4.74 Å². The number of pyridine rings is 1. The molecule has 1 heterocycles. The first-order valence-corrected chi connectivity index (χ1v) is 6.94. The number of nitrogens with zero attached hydrogens (tertiary/aromatic N) is 1. The molecule has 1 amide bonds. The Bertz CT molecular complexity index is 371. The second-order valence-electron chi connectivity index (χ2n) is 4.60. The molecule has 0 saturated heterocycles. The predicted molar refractivity (Wildman–Crippen MR) is 76.7 cm³/mol. The molecule has 0 unspecified atom stereocenters. The number of amides is 1. The Balaban J connectivity index is 2.54. The lowest BCUT2D eigenvalue weighted by Crippen LogP contribution is -2.27. The van der Waals surface area contributed by atoms with Gasteiger partial charge in [0.15, 0.2) is 0 Å². The Morgan fingerprint density at radius 1 is 1.47 bits per heavy atom.